The number of carbonyl (C=O) groups excluding carboxylic acids is 3. The molecule has 4 nitrogen and oxygen atoms in total. The van der Waals surface area contributed by atoms with Crippen LogP contribution in [-0.2, 0) is 9.59 Å². The Bertz CT molecular complexity index is 3910. The summed E-state index contributed by atoms with van der Waals surface area (Å²) in [6.45, 7) is 32.2. The Morgan fingerprint density at radius 3 is 1.16 bits per heavy atom. The molecule has 5 heterocycles. The predicted molar refractivity (Wildman–Crippen MR) is 414 cm³/mol. The molecule has 4 unspecified atom stereocenters. The minimum atomic E-state index is -1.60. The normalized spacial score (nSPS) is 15.7. The van der Waals surface area contributed by atoms with Gasteiger partial charge in [-0.05, 0) is 95.9 Å². The summed E-state index contributed by atoms with van der Waals surface area (Å²) in [6, 6.07) is 52.8. The second-order valence-corrected chi connectivity index (χ2v) is 44.2. The number of terminal acetylenes is 1. The molecule has 12 rings (SSSR count). The zero-order chi connectivity index (χ0) is 66.0. The third kappa shape index (κ3) is 17.6. The number of benzene rings is 6. The van der Waals surface area contributed by atoms with Gasteiger partial charge in [0.2, 0.25) is 0 Å². The Balaban J connectivity index is 0.000000240. The standard InChI is InChI=1S/C34H38S2Si2.C18H12O2S2.C11H11NOS.C8H16Si.2C4H9.2Li/c1-7-37(8-2,9-3)23-21-27-31-25-17-13-15-19-29(25)36-34(31)28(22-24-38(10-4,11-5)12-6)32-26-18-14-16-20-30(26)35-33(27)32;19-15-13-9-5-1-3-7-11(9)21-17(13)16(20)14-10-6-2-4-8-12(10)22-18(14)15;1-12(2)11(13)9-7-14-10-6-4-3-5-8(9)10;1-5-9(6-2,7-3)8-4;2*1-3-4-2;;/h13-20H,7-12H2,1-6H3;1-8,13-14,17-18H;3-7H,1-2H3;1H,6-8H2,2-4H3;2*1,3-4H2,2H3;;/q;;;;2*-1;2*+1. The van der Waals surface area contributed by atoms with Crippen molar-refractivity contribution in [3.05, 3.63) is 168 Å². The summed E-state index contributed by atoms with van der Waals surface area (Å²) in [5, 5.41) is 7.84. The van der Waals surface area contributed by atoms with Crippen molar-refractivity contribution >= 4 is 150 Å². The van der Waals surface area contributed by atoms with Crippen LogP contribution in [0, 0.1) is 48.7 Å². The largest absolute Gasteiger partial charge is 1.00 e. The Morgan fingerprint density at radius 2 is 0.828 bits per heavy atom. The average molecular weight is 1370 g/mol. The van der Waals surface area contributed by atoms with Crippen LogP contribution in [0.15, 0.2) is 136 Å². The summed E-state index contributed by atoms with van der Waals surface area (Å²) in [4.78, 5) is 41.7. The molecule has 9 aromatic rings. The summed E-state index contributed by atoms with van der Waals surface area (Å²) in [5.41, 5.74) is 16.3. The van der Waals surface area contributed by atoms with Crippen LogP contribution in [0.1, 0.15) is 146 Å². The number of carbonyl (C=O) groups is 3. The molecule has 0 bridgehead atoms. The van der Waals surface area contributed by atoms with E-state index in [0.717, 1.165) is 49.4 Å². The fourth-order valence-corrected chi connectivity index (χ4v) is 25.3. The second-order valence-electron chi connectivity index (χ2n) is 24.0. The van der Waals surface area contributed by atoms with Crippen LogP contribution in [0.25, 0.3) is 50.4 Å². The molecule has 478 valence electrons. The molecule has 6 aromatic carbocycles. The van der Waals surface area contributed by atoms with Crippen molar-refractivity contribution in [1.29, 1.82) is 0 Å². The van der Waals surface area contributed by atoms with Gasteiger partial charge in [-0.3, -0.25) is 14.4 Å². The number of thioether (sulfide) groups is 2. The molecule has 3 aromatic heterocycles. The smallest absolute Gasteiger partial charge is 0.345 e. The van der Waals surface area contributed by atoms with E-state index in [1.807, 2.05) is 101 Å². The van der Waals surface area contributed by atoms with Gasteiger partial charge >= 0.3 is 37.7 Å². The molecular weight excluding hydrogens is 1270 g/mol. The number of Topliss-reactive ketones (excluding diaryl/α,β-unsaturated/α-hetero) is 2. The van der Waals surface area contributed by atoms with E-state index in [2.05, 4.69) is 167 Å². The number of amides is 1. The molecule has 0 saturated heterocycles. The number of unbranched alkanes of at least 4 members (excludes halogenated alkanes) is 2. The van der Waals surface area contributed by atoms with Crippen molar-refractivity contribution in [1.82, 2.24) is 4.90 Å². The van der Waals surface area contributed by atoms with E-state index in [1.54, 1.807) is 53.9 Å². The van der Waals surface area contributed by atoms with Gasteiger partial charge in [0.05, 0.1) is 48.4 Å². The summed E-state index contributed by atoms with van der Waals surface area (Å²) in [5.74, 6) is 7.80. The van der Waals surface area contributed by atoms with E-state index in [1.165, 1.54) is 119 Å². The number of fused-ring (bicyclic) bond motifs is 13. The first-order valence-corrected chi connectivity index (χ1v) is 45.3. The zero-order valence-corrected chi connectivity index (χ0v) is 65.4. The number of rotatable bonds is 12. The van der Waals surface area contributed by atoms with Gasteiger partial charge in [-0.25, -0.2) is 0 Å². The molecule has 1 fully saturated rings. The molecule has 93 heavy (non-hydrogen) atoms. The number of hydrogen-bond acceptors (Lipinski definition) is 8. The third-order valence-electron chi connectivity index (χ3n) is 19.1. The van der Waals surface area contributed by atoms with Gasteiger partial charge < -0.3 is 18.7 Å². The third-order valence-corrected chi connectivity index (χ3v) is 39.3. The van der Waals surface area contributed by atoms with Crippen LogP contribution in [0.4, 0.5) is 0 Å². The van der Waals surface area contributed by atoms with E-state index in [0.29, 0.717) is 0 Å². The Morgan fingerprint density at radius 1 is 0.495 bits per heavy atom. The summed E-state index contributed by atoms with van der Waals surface area (Å²) in [7, 11) is -0.828. The van der Waals surface area contributed by atoms with Gasteiger partial charge in [-0.15, -0.1) is 80.6 Å². The van der Waals surface area contributed by atoms with Crippen LogP contribution in [0.5, 0.6) is 0 Å². The Kier molecular flexibility index (Phi) is 32.0. The van der Waals surface area contributed by atoms with Crippen LogP contribution < -0.4 is 37.7 Å². The molecule has 1 amide bonds. The summed E-state index contributed by atoms with van der Waals surface area (Å²) < 4.78 is 6.51. The van der Waals surface area contributed by atoms with Gasteiger partial charge in [0.15, 0.2) is 11.6 Å². The Labute approximate surface area is 606 Å². The van der Waals surface area contributed by atoms with E-state index in [-0.39, 0.29) is 77.5 Å². The number of ketones is 2. The predicted octanol–water partition coefficient (Wildman–Crippen LogP) is 17.4. The van der Waals surface area contributed by atoms with Crippen LogP contribution >= 0.6 is 57.5 Å². The van der Waals surface area contributed by atoms with Crippen LogP contribution in [0.2, 0.25) is 54.4 Å². The maximum absolute atomic E-state index is 13.1. The maximum atomic E-state index is 13.1. The van der Waals surface area contributed by atoms with E-state index in [4.69, 9.17) is 6.42 Å². The monoisotopic (exact) mass is 1360 g/mol. The van der Waals surface area contributed by atoms with E-state index < -0.39 is 24.2 Å². The van der Waals surface area contributed by atoms with Gasteiger partial charge in [-0.1, -0.05) is 192 Å². The Hall–Kier alpha value is -4.24. The van der Waals surface area contributed by atoms with Crippen molar-refractivity contribution < 1.29 is 52.1 Å². The molecule has 2 aliphatic heterocycles. The second kappa shape index (κ2) is 37.5. The molecule has 1 aliphatic carbocycles. The van der Waals surface area contributed by atoms with Crippen molar-refractivity contribution in [3.8, 4) is 34.9 Å². The maximum Gasteiger partial charge on any atom is 1.00 e. The molecule has 0 N–H and O–H groups in total. The summed E-state index contributed by atoms with van der Waals surface area (Å²) >= 11 is 8.59. The SMILES string of the molecule is C#C[Si](CC)(CC)CC.CC[Si](C#Cc1c2sc3ccccc3c2c(C#C[Si](CC)(CC)CC)c2sc3ccccc3c12)(CC)CC.CN(C)C(=O)c1csc2ccccc12.O=C1C2Sc3ccccc3C2C(=O)C2Sc3ccccc3C12.[CH2-]CCC.[CH2-]CCC.[Li+].[Li+]. The van der Waals surface area contributed by atoms with Gasteiger partial charge in [-0.2, -0.15) is 12.8 Å². The first-order chi connectivity index (χ1) is 44.0. The van der Waals surface area contributed by atoms with Crippen molar-refractivity contribution in [2.45, 2.75) is 188 Å². The molecule has 1 saturated carbocycles. The molecule has 14 heteroatoms. The van der Waals surface area contributed by atoms with E-state index >= 15 is 0 Å². The van der Waals surface area contributed by atoms with Crippen LogP contribution in [0.3, 0.4) is 0 Å². The fourth-order valence-electron chi connectivity index (χ4n) is 12.1. The first kappa shape index (κ1) is 79.4. The van der Waals surface area contributed by atoms with Gasteiger partial charge in [0.1, 0.15) is 24.2 Å². The van der Waals surface area contributed by atoms with Crippen molar-refractivity contribution in [3.63, 3.8) is 0 Å². The topological polar surface area (TPSA) is 54.5 Å². The van der Waals surface area contributed by atoms with Crippen molar-refractivity contribution in [2.24, 2.45) is 0 Å². The zero-order valence-electron chi connectivity index (χ0n) is 58.3. The molecule has 0 radical (unpaired) electrons. The molecular formula is C79H95Li2NO3S5Si3. The number of nitrogens with zero attached hydrogens (tertiary/aromatic N) is 1. The number of thiophene rings is 3. The average Bonchev–Trinajstić information content (AvgIpc) is 1.58. The number of hydrogen-bond donors (Lipinski definition) is 0. The van der Waals surface area contributed by atoms with E-state index in [9.17, 15) is 14.4 Å². The van der Waals surface area contributed by atoms with Crippen LogP contribution in [-0.4, -0.2) is 71.2 Å². The van der Waals surface area contributed by atoms with Gasteiger partial charge in [0.25, 0.3) is 5.91 Å². The van der Waals surface area contributed by atoms with Gasteiger partial charge in [0, 0.05) is 70.3 Å². The minimum Gasteiger partial charge on any atom is -0.345 e. The fraction of sp³-hybridized carbons (Fsp3) is 0.380. The molecule has 0 spiro atoms. The minimum absolute atomic E-state index is 0. The quantitative estimate of drug-likeness (QED) is 0.0693. The molecule has 4 atom stereocenters. The first-order valence-electron chi connectivity index (χ1n) is 33.2. The summed E-state index contributed by atoms with van der Waals surface area (Å²) in [6.07, 6.45) is 10.0. The molecule has 3 aliphatic rings. The van der Waals surface area contributed by atoms with Crippen molar-refractivity contribution in [2.75, 3.05) is 14.1 Å².